The van der Waals surface area contributed by atoms with Crippen LogP contribution >= 0.6 is 0 Å². The molecule has 0 aliphatic rings. The van der Waals surface area contributed by atoms with Gasteiger partial charge in [-0.15, -0.1) is 0 Å². The van der Waals surface area contributed by atoms with E-state index in [2.05, 4.69) is 25.7 Å². The molecule has 20 heavy (non-hydrogen) atoms. The molecule has 0 radical (unpaired) electrons. The normalized spacial score (nSPS) is 11.8. The fraction of sp³-hybridized carbons (Fsp3) is 0.571. The average molecular weight is 299 g/mol. The smallest absolute Gasteiger partial charge is 0.238 e. The Hall–Kier alpha value is -1.27. The van der Waals surface area contributed by atoms with Gasteiger partial charge in [-0.25, -0.2) is 13.6 Å². The van der Waals surface area contributed by atoms with Gasteiger partial charge in [-0.05, 0) is 38.5 Å². The predicted octanol–water partition coefficient (Wildman–Crippen LogP) is 2.32. The van der Waals surface area contributed by atoms with Crippen molar-refractivity contribution in [1.82, 2.24) is 0 Å². The van der Waals surface area contributed by atoms with Gasteiger partial charge in [0.05, 0.1) is 4.90 Å². The van der Waals surface area contributed by atoms with Crippen molar-refractivity contribution in [2.75, 3.05) is 17.2 Å². The molecule has 5 nitrogen and oxygen atoms in total. The van der Waals surface area contributed by atoms with E-state index < -0.39 is 10.0 Å². The number of nitrogens with zero attached hydrogens (tertiary/aromatic N) is 1. The average Bonchev–Trinajstić information content (AvgIpc) is 2.32. The van der Waals surface area contributed by atoms with Gasteiger partial charge in [0.2, 0.25) is 10.0 Å². The topological polar surface area (TPSA) is 89.4 Å². The molecule has 0 aromatic heterocycles. The van der Waals surface area contributed by atoms with E-state index in [1.165, 1.54) is 6.07 Å². The van der Waals surface area contributed by atoms with Crippen LogP contribution in [0.4, 0.5) is 11.4 Å². The molecule has 4 N–H and O–H groups in total. The summed E-state index contributed by atoms with van der Waals surface area (Å²) in [6.07, 6.45) is 3.35. The van der Waals surface area contributed by atoms with Crippen LogP contribution in [-0.2, 0) is 10.0 Å². The van der Waals surface area contributed by atoms with Gasteiger partial charge in [0.15, 0.2) is 0 Å². The van der Waals surface area contributed by atoms with E-state index in [0.29, 0.717) is 5.69 Å². The molecule has 0 unspecified atom stereocenters. The highest BCUT2D eigenvalue weighted by molar-refractivity contribution is 7.89. The summed E-state index contributed by atoms with van der Waals surface area (Å²) in [6, 6.07) is 5.05. The second kappa shape index (κ2) is 6.95. The summed E-state index contributed by atoms with van der Waals surface area (Å²) in [4.78, 5) is 2.22. The SMILES string of the molecule is CCCCCN(c1cc(N)cc(S(N)(=O)=O)c1)C(C)C. The Kier molecular flexibility index (Phi) is 5.83. The molecule has 0 saturated heterocycles. The number of nitrogen functional groups attached to an aromatic ring is 1. The van der Waals surface area contributed by atoms with Gasteiger partial charge in [0.25, 0.3) is 0 Å². The third-order valence-electron chi connectivity index (χ3n) is 3.20. The maximum atomic E-state index is 11.5. The monoisotopic (exact) mass is 299 g/mol. The number of primary sulfonamides is 1. The van der Waals surface area contributed by atoms with Gasteiger partial charge >= 0.3 is 0 Å². The Morgan fingerprint density at radius 2 is 1.85 bits per heavy atom. The lowest BCUT2D eigenvalue weighted by molar-refractivity contribution is 0.597. The molecule has 0 heterocycles. The molecule has 0 spiro atoms. The van der Waals surface area contributed by atoms with E-state index in [1.807, 2.05) is 0 Å². The van der Waals surface area contributed by atoms with Crippen LogP contribution in [-0.4, -0.2) is 21.0 Å². The van der Waals surface area contributed by atoms with Crippen molar-refractivity contribution in [1.29, 1.82) is 0 Å². The number of sulfonamides is 1. The highest BCUT2D eigenvalue weighted by atomic mass is 32.2. The van der Waals surface area contributed by atoms with Crippen LogP contribution in [0.25, 0.3) is 0 Å². The number of anilines is 2. The zero-order valence-electron chi connectivity index (χ0n) is 12.5. The first-order valence-electron chi connectivity index (χ1n) is 6.95. The number of hydrogen-bond acceptors (Lipinski definition) is 4. The van der Waals surface area contributed by atoms with Crippen molar-refractivity contribution in [3.8, 4) is 0 Å². The summed E-state index contributed by atoms with van der Waals surface area (Å²) in [6.45, 7) is 7.18. The van der Waals surface area contributed by atoms with Gasteiger partial charge in [-0.1, -0.05) is 19.8 Å². The summed E-state index contributed by atoms with van der Waals surface area (Å²) in [5.41, 5.74) is 7.02. The minimum Gasteiger partial charge on any atom is -0.399 e. The van der Waals surface area contributed by atoms with E-state index in [4.69, 9.17) is 10.9 Å². The number of unbranched alkanes of at least 4 members (excludes halogenated alkanes) is 2. The van der Waals surface area contributed by atoms with Gasteiger partial charge < -0.3 is 10.6 Å². The van der Waals surface area contributed by atoms with E-state index in [1.54, 1.807) is 12.1 Å². The molecule has 0 amide bonds. The number of nitrogens with two attached hydrogens (primary N) is 2. The lowest BCUT2D eigenvalue weighted by atomic mass is 10.2. The second-order valence-electron chi connectivity index (χ2n) is 5.30. The Bertz CT molecular complexity index is 541. The van der Waals surface area contributed by atoms with Crippen molar-refractivity contribution in [3.63, 3.8) is 0 Å². The van der Waals surface area contributed by atoms with Crippen molar-refractivity contribution in [2.24, 2.45) is 5.14 Å². The first kappa shape index (κ1) is 16.8. The van der Waals surface area contributed by atoms with Crippen LogP contribution < -0.4 is 15.8 Å². The van der Waals surface area contributed by atoms with E-state index in [-0.39, 0.29) is 10.9 Å². The summed E-state index contributed by atoms with van der Waals surface area (Å²) in [5.74, 6) is 0. The second-order valence-corrected chi connectivity index (χ2v) is 6.86. The summed E-state index contributed by atoms with van der Waals surface area (Å²) in [7, 11) is -3.74. The Balaban J connectivity index is 3.10. The zero-order valence-corrected chi connectivity index (χ0v) is 13.3. The zero-order chi connectivity index (χ0) is 15.3. The highest BCUT2D eigenvalue weighted by Gasteiger charge is 2.15. The fourth-order valence-corrected chi connectivity index (χ4v) is 2.74. The number of hydrogen-bond donors (Lipinski definition) is 2. The molecule has 0 aliphatic heterocycles. The van der Waals surface area contributed by atoms with Crippen LogP contribution in [0.15, 0.2) is 23.1 Å². The standard InChI is InChI=1S/C14H25N3O2S/c1-4-5-6-7-17(11(2)3)13-8-12(15)9-14(10-13)20(16,18)19/h8-11H,4-7,15H2,1-3H3,(H2,16,18,19). The van der Waals surface area contributed by atoms with Crippen LogP contribution in [0, 0.1) is 0 Å². The summed E-state index contributed by atoms with van der Waals surface area (Å²) >= 11 is 0. The number of benzene rings is 1. The molecule has 6 heteroatoms. The van der Waals surface area contributed by atoms with Gasteiger partial charge in [0.1, 0.15) is 0 Å². The molecule has 1 aromatic rings. The molecule has 1 aromatic carbocycles. The van der Waals surface area contributed by atoms with Crippen molar-refractivity contribution in [3.05, 3.63) is 18.2 Å². The molecule has 0 aliphatic carbocycles. The van der Waals surface area contributed by atoms with E-state index in [9.17, 15) is 8.42 Å². The first-order valence-corrected chi connectivity index (χ1v) is 8.50. The van der Waals surface area contributed by atoms with Crippen LogP contribution in [0.1, 0.15) is 40.0 Å². The molecule has 0 fully saturated rings. The van der Waals surface area contributed by atoms with Crippen LogP contribution in [0.3, 0.4) is 0 Å². The van der Waals surface area contributed by atoms with Gasteiger partial charge in [0, 0.05) is 24.0 Å². The summed E-state index contributed by atoms with van der Waals surface area (Å²) in [5, 5.41) is 5.19. The third kappa shape index (κ3) is 4.68. The number of rotatable bonds is 7. The lowest BCUT2D eigenvalue weighted by Gasteiger charge is -2.29. The predicted molar refractivity (Wildman–Crippen MR) is 84.2 cm³/mol. The molecule has 0 bridgehead atoms. The maximum Gasteiger partial charge on any atom is 0.238 e. The quantitative estimate of drug-likeness (QED) is 0.597. The van der Waals surface area contributed by atoms with Crippen molar-refractivity contribution < 1.29 is 8.42 Å². The Morgan fingerprint density at radius 3 is 2.35 bits per heavy atom. The van der Waals surface area contributed by atoms with E-state index in [0.717, 1.165) is 31.5 Å². The molecule has 114 valence electrons. The molecule has 0 atom stereocenters. The van der Waals surface area contributed by atoms with Gasteiger partial charge in [-0.3, -0.25) is 0 Å². The maximum absolute atomic E-state index is 11.5. The Morgan fingerprint density at radius 1 is 1.20 bits per heavy atom. The summed E-state index contributed by atoms with van der Waals surface area (Å²) < 4.78 is 23.0. The van der Waals surface area contributed by atoms with Gasteiger partial charge in [-0.2, -0.15) is 0 Å². The lowest BCUT2D eigenvalue weighted by Crippen LogP contribution is -2.32. The Labute approximate surface area is 122 Å². The van der Waals surface area contributed by atoms with Crippen molar-refractivity contribution in [2.45, 2.75) is 51.0 Å². The molecular formula is C14H25N3O2S. The largest absolute Gasteiger partial charge is 0.399 e. The van der Waals surface area contributed by atoms with Crippen LogP contribution in [0.5, 0.6) is 0 Å². The minimum atomic E-state index is -3.74. The fourth-order valence-electron chi connectivity index (χ4n) is 2.15. The molecular weight excluding hydrogens is 274 g/mol. The highest BCUT2D eigenvalue weighted by Crippen LogP contribution is 2.25. The molecule has 1 rings (SSSR count). The van der Waals surface area contributed by atoms with Crippen molar-refractivity contribution >= 4 is 21.4 Å². The first-order chi connectivity index (χ1) is 9.25. The minimum absolute atomic E-state index is 0.0636. The third-order valence-corrected chi connectivity index (χ3v) is 4.09. The van der Waals surface area contributed by atoms with Crippen LogP contribution in [0.2, 0.25) is 0 Å². The van der Waals surface area contributed by atoms with E-state index >= 15 is 0 Å². The molecule has 0 saturated carbocycles.